The minimum Gasteiger partial charge on any atom is -0.353 e. The van der Waals surface area contributed by atoms with Gasteiger partial charge in [-0.15, -0.1) is 0 Å². The Morgan fingerprint density at radius 2 is 1.79 bits per heavy atom. The molecule has 29 heavy (non-hydrogen) atoms. The van der Waals surface area contributed by atoms with Crippen molar-refractivity contribution in [3.63, 3.8) is 0 Å². The standard InChI is InChI=1S/C21H21FN6O/c1-15-13-18(20(29)25-17-6-4-5-16(22)14-17)26-21(24-15)28-11-9-27(10-12-28)19-7-2-3-8-23-19/h2-8,13-14H,9-12H2,1H3,(H,25,29). The minimum absolute atomic E-state index is 0.254. The summed E-state index contributed by atoms with van der Waals surface area (Å²) in [5.41, 5.74) is 1.34. The Bertz CT molecular complexity index is 1010. The average molecular weight is 392 g/mol. The van der Waals surface area contributed by atoms with Gasteiger partial charge in [0.05, 0.1) is 0 Å². The highest BCUT2D eigenvalue weighted by Gasteiger charge is 2.21. The predicted molar refractivity (Wildman–Crippen MR) is 110 cm³/mol. The van der Waals surface area contributed by atoms with Crippen LogP contribution >= 0.6 is 0 Å². The third kappa shape index (κ3) is 4.48. The third-order valence-electron chi connectivity index (χ3n) is 4.69. The van der Waals surface area contributed by atoms with E-state index in [1.165, 1.54) is 12.1 Å². The van der Waals surface area contributed by atoms with Gasteiger partial charge in [0.2, 0.25) is 5.95 Å². The molecule has 1 saturated heterocycles. The van der Waals surface area contributed by atoms with Crippen molar-refractivity contribution in [1.29, 1.82) is 0 Å². The van der Waals surface area contributed by atoms with Gasteiger partial charge in [-0.05, 0) is 43.3 Å². The second-order valence-electron chi connectivity index (χ2n) is 6.82. The Labute approximate surface area is 168 Å². The number of nitrogens with one attached hydrogen (secondary N) is 1. The average Bonchev–Trinajstić information content (AvgIpc) is 2.74. The number of hydrogen-bond donors (Lipinski definition) is 1. The van der Waals surface area contributed by atoms with Crippen LogP contribution in [0.3, 0.4) is 0 Å². The number of carbonyl (C=O) groups excluding carboxylic acids is 1. The monoisotopic (exact) mass is 392 g/mol. The Balaban J connectivity index is 1.46. The fourth-order valence-electron chi connectivity index (χ4n) is 3.25. The number of anilines is 3. The van der Waals surface area contributed by atoms with Crippen molar-refractivity contribution >= 4 is 23.4 Å². The summed E-state index contributed by atoms with van der Waals surface area (Å²) in [6, 6.07) is 13.3. The molecular formula is C21H21FN6O. The maximum absolute atomic E-state index is 13.4. The lowest BCUT2D eigenvalue weighted by atomic mass is 10.2. The van der Waals surface area contributed by atoms with E-state index < -0.39 is 11.7 Å². The van der Waals surface area contributed by atoms with E-state index in [0.717, 1.165) is 32.0 Å². The SMILES string of the molecule is Cc1cc(C(=O)Nc2cccc(F)c2)nc(N2CCN(c3ccccn3)CC2)n1. The first-order valence-corrected chi connectivity index (χ1v) is 9.42. The normalized spacial score (nSPS) is 14.0. The molecule has 0 saturated carbocycles. The quantitative estimate of drug-likeness (QED) is 0.736. The van der Waals surface area contributed by atoms with Gasteiger partial charge < -0.3 is 15.1 Å². The second kappa shape index (κ2) is 8.22. The van der Waals surface area contributed by atoms with Gasteiger partial charge in [-0.3, -0.25) is 4.79 Å². The van der Waals surface area contributed by atoms with Crippen molar-refractivity contribution in [2.45, 2.75) is 6.92 Å². The number of aryl methyl sites for hydroxylation is 1. The Kier molecular flexibility index (Phi) is 5.33. The van der Waals surface area contributed by atoms with Crippen molar-refractivity contribution < 1.29 is 9.18 Å². The van der Waals surface area contributed by atoms with Crippen LogP contribution in [0.25, 0.3) is 0 Å². The topological polar surface area (TPSA) is 74.2 Å². The molecule has 0 bridgehead atoms. The molecule has 1 aromatic carbocycles. The molecule has 148 valence electrons. The number of benzene rings is 1. The molecule has 1 N–H and O–H groups in total. The summed E-state index contributed by atoms with van der Waals surface area (Å²) in [5, 5.41) is 2.68. The highest BCUT2D eigenvalue weighted by molar-refractivity contribution is 6.03. The van der Waals surface area contributed by atoms with E-state index in [9.17, 15) is 9.18 Å². The molecule has 0 aliphatic carbocycles. The fraction of sp³-hybridized carbons (Fsp3) is 0.238. The zero-order chi connectivity index (χ0) is 20.2. The molecule has 7 nitrogen and oxygen atoms in total. The Morgan fingerprint density at radius 3 is 2.52 bits per heavy atom. The maximum Gasteiger partial charge on any atom is 0.274 e. The van der Waals surface area contributed by atoms with E-state index >= 15 is 0 Å². The molecule has 1 fully saturated rings. The Hall–Kier alpha value is -3.55. The van der Waals surface area contributed by atoms with Gasteiger partial charge in [0.1, 0.15) is 17.3 Å². The molecule has 0 atom stereocenters. The van der Waals surface area contributed by atoms with Crippen LogP contribution in [0.5, 0.6) is 0 Å². The van der Waals surface area contributed by atoms with Crippen molar-refractivity contribution in [2.24, 2.45) is 0 Å². The molecule has 4 rings (SSSR count). The molecule has 1 aliphatic heterocycles. The van der Waals surface area contributed by atoms with Crippen LogP contribution < -0.4 is 15.1 Å². The summed E-state index contributed by atoms with van der Waals surface area (Å²) >= 11 is 0. The molecule has 1 aliphatic rings. The lowest BCUT2D eigenvalue weighted by molar-refractivity contribution is 0.102. The highest BCUT2D eigenvalue weighted by atomic mass is 19.1. The zero-order valence-corrected chi connectivity index (χ0v) is 16.0. The minimum atomic E-state index is -0.409. The number of rotatable bonds is 4. The fourth-order valence-corrected chi connectivity index (χ4v) is 3.25. The molecule has 8 heteroatoms. The molecule has 0 spiro atoms. The van der Waals surface area contributed by atoms with E-state index in [2.05, 4.69) is 30.1 Å². The van der Waals surface area contributed by atoms with E-state index in [0.29, 0.717) is 17.3 Å². The number of amides is 1. The number of carbonyl (C=O) groups is 1. The predicted octanol–water partition coefficient (Wildman–Crippen LogP) is 2.90. The number of pyridine rings is 1. The number of hydrogen-bond acceptors (Lipinski definition) is 6. The lowest BCUT2D eigenvalue weighted by Gasteiger charge is -2.35. The van der Waals surface area contributed by atoms with Crippen LogP contribution in [0, 0.1) is 12.7 Å². The first-order chi connectivity index (χ1) is 14.1. The van der Waals surface area contributed by atoms with Crippen molar-refractivity contribution in [2.75, 3.05) is 41.3 Å². The van der Waals surface area contributed by atoms with Crippen molar-refractivity contribution in [1.82, 2.24) is 15.0 Å². The third-order valence-corrected chi connectivity index (χ3v) is 4.69. The number of halogens is 1. The van der Waals surface area contributed by atoms with Gasteiger partial charge in [0.25, 0.3) is 5.91 Å². The molecule has 3 heterocycles. The zero-order valence-electron chi connectivity index (χ0n) is 16.0. The first kappa shape index (κ1) is 18.8. The second-order valence-corrected chi connectivity index (χ2v) is 6.82. The van der Waals surface area contributed by atoms with Crippen molar-refractivity contribution in [3.05, 3.63) is 71.9 Å². The molecular weight excluding hydrogens is 371 g/mol. The lowest BCUT2D eigenvalue weighted by Crippen LogP contribution is -2.47. The van der Waals surface area contributed by atoms with Crippen LogP contribution in [-0.2, 0) is 0 Å². The largest absolute Gasteiger partial charge is 0.353 e. The van der Waals surface area contributed by atoms with Gasteiger partial charge in [0.15, 0.2) is 0 Å². The number of piperazine rings is 1. The van der Waals surface area contributed by atoms with E-state index in [1.807, 2.05) is 25.1 Å². The summed E-state index contributed by atoms with van der Waals surface area (Å²) in [6.45, 7) is 4.86. The van der Waals surface area contributed by atoms with Gasteiger partial charge in [0, 0.05) is 43.8 Å². The molecule has 0 radical (unpaired) electrons. The van der Waals surface area contributed by atoms with E-state index in [4.69, 9.17) is 0 Å². The van der Waals surface area contributed by atoms with Crippen molar-refractivity contribution in [3.8, 4) is 0 Å². The molecule has 3 aromatic rings. The summed E-state index contributed by atoms with van der Waals surface area (Å²) in [5.74, 6) is 0.671. The van der Waals surface area contributed by atoms with Crippen LogP contribution in [0.2, 0.25) is 0 Å². The number of aromatic nitrogens is 3. The van der Waals surface area contributed by atoms with Gasteiger partial charge in [-0.2, -0.15) is 0 Å². The van der Waals surface area contributed by atoms with Crippen LogP contribution in [0.1, 0.15) is 16.2 Å². The summed E-state index contributed by atoms with van der Waals surface area (Å²) in [7, 11) is 0. The Morgan fingerprint density at radius 1 is 1.00 bits per heavy atom. The molecule has 0 unspecified atom stereocenters. The first-order valence-electron chi connectivity index (χ1n) is 9.42. The molecule has 2 aromatic heterocycles. The highest BCUT2D eigenvalue weighted by Crippen LogP contribution is 2.18. The van der Waals surface area contributed by atoms with Gasteiger partial charge >= 0.3 is 0 Å². The van der Waals surface area contributed by atoms with Gasteiger partial charge in [-0.25, -0.2) is 19.3 Å². The maximum atomic E-state index is 13.4. The molecule has 1 amide bonds. The van der Waals surface area contributed by atoms with Crippen LogP contribution in [0.15, 0.2) is 54.7 Å². The summed E-state index contributed by atoms with van der Waals surface area (Å²) < 4.78 is 13.4. The number of nitrogens with zero attached hydrogens (tertiary/aromatic N) is 5. The van der Waals surface area contributed by atoms with Gasteiger partial charge in [-0.1, -0.05) is 12.1 Å². The summed E-state index contributed by atoms with van der Waals surface area (Å²) in [6.07, 6.45) is 1.79. The smallest absolute Gasteiger partial charge is 0.274 e. The van der Waals surface area contributed by atoms with Crippen LogP contribution in [-0.4, -0.2) is 47.0 Å². The van der Waals surface area contributed by atoms with E-state index in [-0.39, 0.29) is 5.69 Å². The van der Waals surface area contributed by atoms with E-state index in [1.54, 1.807) is 24.4 Å². The summed E-state index contributed by atoms with van der Waals surface area (Å²) in [4.78, 5) is 30.2. The van der Waals surface area contributed by atoms with Crippen LogP contribution in [0.4, 0.5) is 21.8 Å².